The van der Waals surface area contributed by atoms with E-state index in [2.05, 4.69) is 10.6 Å². The smallest absolute Gasteiger partial charge is 0.255 e. The zero-order valence-corrected chi connectivity index (χ0v) is 16.0. The summed E-state index contributed by atoms with van der Waals surface area (Å²) in [4.78, 5) is 24.2. The molecular formula is C21H26N2O4. The highest BCUT2D eigenvalue weighted by molar-refractivity contribution is 6.05. The highest BCUT2D eigenvalue weighted by Crippen LogP contribution is 2.22. The molecule has 0 saturated heterocycles. The molecule has 0 unspecified atom stereocenters. The molecule has 2 amide bonds. The molecule has 0 fully saturated rings. The Hall–Kier alpha value is -2.86. The van der Waals surface area contributed by atoms with E-state index in [1.54, 1.807) is 43.3 Å². The lowest BCUT2D eigenvalue weighted by atomic mass is 10.1. The van der Waals surface area contributed by atoms with Crippen LogP contribution >= 0.6 is 0 Å². The van der Waals surface area contributed by atoms with E-state index in [0.717, 1.165) is 5.56 Å². The third-order valence-electron chi connectivity index (χ3n) is 3.89. The molecule has 0 spiro atoms. The van der Waals surface area contributed by atoms with Gasteiger partial charge in [-0.15, -0.1) is 0 Å². The molecule has 27 heavy (non-hydrogen) atoms. The van der Waals surface area contributed by atoms with Crippen molar-refractivity contribution in [1.82, 2.24) is 0 Å². The van der Waals surface area contributed by atoms with Crippen LogP contribution in [0.5, 0.6) is 5.75 Å². The Kier molecular flexibility index (Phi) is 7.82. The monoisotopic (exact) mass is 370 g/mol. The molecule has 0 atom stereocenters. The summed E-state index contributed by atoms with van der Waals surface area (Å²) >= 11 is 0. The van der Waals surface area contributed by atoms with Crippen molar-refractivity contribution in [2.75, 3.05) is 30.5 Å². The summed E-state index contributed by atoms with van der Waals surface area (Å²) in [5.74, 6) is 0.294. The fourth-order valence-corrected chi connectivity index (χ4v) is 2.37. The summed E-state index contributed by atoms with van der Waals surface area (Å²) in [6.07, 6.45) is 0.395. The molecular weight excluding hydrogens is 344 g/mol. The molecule has 2 N–H and O–H groups in total. The second kappa shape index (κ2) is 10.3. The van der Waals surface area contributed by atoms with E-state index in [0.29, 0.717) is 48.9 Å². The number of rotatable bonds is 9. The summed E-state index contributed by atoms with van der Waals surface area (Å²) in [7, 11) is 0. The first-order valence-corrected chi connectivity index (χ1v) is 9.06. The number of hydrogen-bond donors (Lipinski definition) is 2. The second-order valence-corrected chi connectivity index (χ2v) is 5.96. The van der Waals surface area contributed by atoms with Gasteiger partial charge in [-0.05, 0) is 49.7 Å². The van der Waals surface area contributed by atoms with Crippen LogP contribution in [0.3, 0.4) is 0 Å². The predicted molar refractivity (Wildman–Crippen MR) is 106 cm³/mol. The predicted octanol–water partition coefficient (Wildman–Crippen LogP) is 4.01. The van der Waals surface area contributed by atoms with Crippen molar-refractivity contribution in [3.8, 4) is 5.75 Å². The van der Waals surface area contributed by atoms with Gasteiger partial charge in [0, 0.05) is 30.0 Å². The lowest BCUT2D eigenvalue weighted by molar-refractivity contribution is -0.115. The molecule has 0 aliphatic rings. The minimum atomic E-state index is -0.248. The van der Waals surface area contributed by atoms with E-state index >= 15 is 0 Å². The number of amides is 2. The summed E-state index contributed by atoms with van der Waals surface area (Å²) in [6.45, 7) is 7.19. The fraction of sp³-hybridized carbons (Fsp3) is 0.333. The quantitative estimate of drug-likeness (QED) is 0.654. The molecule has 0 heterocycles. The van der Waals surface area contributed by atoms with Gasteiger partial charge in [0.15, 0.2) is 0 Å². The first kappa shape index (κ1) is 20.5. The van der Waals surface area contributed by atoms with Crippen molar-refractivity contribution in [2.45, 2.75) is 27.2 Å². The third-order valence-corrected chi connectivity index (χ3v) is 3.89. The maximum atomic E-state index is 12.5. The van der Waals surface area contributed by atoms with Crippen LogP contribution in [0.1, 0.15) is 36.2 Å². The lowest BCUT2D eigenvalue weighted by Gasteiger charge is -2.12. The Bertz CT molecular complexity index is 790. The molecule has 0 saturated carbocycles. The van der Waals surface area contributed by atoms with Gasteiger partial charge >= 0.3 is 0 Å². The molecule has 2 aromatic rings. The van der Waals surface area contributed by atoms with Crippen LogP contribution < -0.4 is 15.4 Å². The Morgan fingerprint density at radius 2 is 1.81 bits per heavy atom. The van der Waals surface area contributed by atoms with Crippen LogP contribution in [0.4, 0.5) is 11.4 Å². The standard InChI is InChI=1S/C21H26N2O4/c1-4-20(24)23-19-14-17(10-9-15(19)3)22-21(25)16-7-6-8-18(13-16)27-12-11-26-5-2/h6-10,13-14H,4-5,11-12H2,1-3H3,(H,22,25)(H,23,24). The number of carbonyl (C=O) groups excluding carboxylic acids is 2. The number of benzene rings is 2. The zero-order chi connectivity index (χ0) is 19.6. The summed E-state index contributed by atoms with van der Waals surface area (Å²) in [6, 6.07) is 12.4. The van der Waals surface area contributed by atoms with Crippen LogP contribution in [0.25, 0.3) is 0 Å². The van der Waals surface area contributed by atoms with Crippen LogP contribution in [-0.4, -0.2) is 31.6 Å². The first-order chi connectivity index (χ1) is 13.0. The molecule has 0 radical (unpaired) electrons. The molecule has 0 aliphatic carbocycles. The van der Waals surface area contributed by atoms with Gasteiger partial charge in [0.25, 0.3) is 5.91 Å². The largest absolute Gasteiger partial charge is 0.491 e. The highest BCUT2D eigenvalue weighted by atomic mass is 16.5. The van der Waals surface area contributed by atoms with Gasteiger partial charge in [-0.3, -0.25) is 9.59 Å². The zero-order valence-electron chi connectivity index (χ0n) is 16.0. The SMILES string of the molecule is CCOCCOc1cccc(C(=O)Nc2ccc(C)c(NC(=O)CC)c2)c1. The van der Waals surface area contributed by atoms with Crippen LogP contribution in [-0.2, 0) is 9.53 Å². The average molecular weight is 370 g/mol. The Morgan fingerprint density at radius 3 is 2.56 bits per heavy atom. The minimum absolute atomic E-state index is 0.0709. The Labute approximate surface area is 159 Å². The molecule has 6 nitrogen and oxygen atoms in total. The van der Waals surface area contributed by atoms with E-state index < -0.39 is 0 Å². The summed E-state index contributed by atoms with van der Waals surface area (Å²) < 4.78 is 10.8. The van der Waals surface area contributed by atoms with Crippen LogP contribution in [0.2, 0.25) is 0 Å². The number of ether oxygens (including phenoxy) is 2. The summed E-state index contributed by atoms with van der Waals surface area (Å²) in [5, 5.41) is 5.68. The number of nitrogens with one attached hydrogen (secondary N) is 2. The molecule has 2 aromatic carbocycles. The molecule has 6 heteroatoms. The molecule has 0 aliphatic heterocycles. The topological polar surface area (TPSA) is 76.7 Å². The lowest BCUT2D eigenvalue weighted by Crippen LogP contribution is -2.14. The number of hydrogen-bond acceptors (Lipinski definition) is 4. The van der Waals surface area contributed by atoms with Gasteiger partial charge in [0.2, 0.25) is 5.91 Å². The maximum absolute atomic E-state index is 12.5. The average Bonchev–Trinajstić information content (AvgIpc) is 2.68. The Balaban J connectivity index is 2.04. The van der Waals surface area contributed by atoms with Crippen LogP contribution in [0, 0.1) is 6.92 Å². The fourth-order valence-electron chi connectivity index (χ4n) is 2.37. The maximum Gasteiger partial charge on any atom is 0.255 e. The van der Waals surface area contributed by atoms with E-state index in [1.807, 2.05) is 19.9 Å². The number of anilines is 2. The van der Waals surface area contributed by atoms with Crippen molar-refractivity contribution >= 4 is 23.2 Å². The molecule has 0 bridgehead atoms. The van der Waals surface area contributed by atoms with Gasteiger partial charge in [-0.1, -0.05) is 19.1 Å². The van der Waals surface area contributed by atoms with E-state index in [1.165, 1.54) is 0 Å². The van der Waals surface area contributed by atoms with Gasteiger partial charge in [0.05, 0.1) is 6.61 Å². The second-order valence-electron chi connectivity index (χ2n) is 5.96. The number of carbonyl (C=O) groups is 2. The van der Waals surface area contributed by atoms with Gasteiger partial charge in [-0.25, -0.2) is 0 Å². The number of aryl methyl sites for hydroxylation is 1. The molecule has 0 aromatic heterocycles. The van der Waals surface area contributed by atoms with E-state index in [9.17, 15) is 9.59 Å². The highest BCUT2D eigenvalue weighted by Gasteiger charge is 2.10. The minimum Gasteiger partial charge on any atom is -0.491 e. The first-order valence-electron chi connectivity index (χ1n) is 9.06. The van der Waals surface area contributed by atoms with Gasteiger partial charge in [-0.2, -0.15) is 0 Å². The Morgan fingerprint density at radius 1 is 1.00 bits per heavy atom. The normalized spacial score (nSPS) is 10.3. The van der Waals surface area contributed by atoms with E-state index in [4.69, 9.17) is 9.47 Å². The van der Waals surface area contributed by atoms with Crippen molar-refractivity contribution in [1.29, 1.82) is 0 Å². The van der Waals surface area contributed by atoms with Gasteiger partial charge < -0.3 is 20.1 Å². The van der Waals surface area contributed by atoms with Crippen molar-refractivity contribution in [2.24, 2.45) is 0 Å². The van der Waals surface area contributed by atoms with Crippen molar-refractivity contribution < 1.29 is 19.1 Å². The van der Waals surface area contributed by atoms with Crippen molar-refractivity contribution in [3.05, 3.63) is 53.6 Å². The molecule has 144 valence electrons. The summed E-state index contributed by atoms with van der Waals surface area (Å²) in [5.41, 5.74) is 2.72. The molecule has 2 rings (SSSR count). The van der Waals surface area contributed by atoms with Crippen LogP contribution in [0.15, 0.2) is 42.5 Å². The van der Waals surface area contributed by atoms with E-state index in [-0.39, 0.29) is 11.8 Å². The third kappa shape index (κ3) is 6.42. The van der Waals surface area contributed by atoms with Gasteiger partial charge in [0.1, 0.15) is 12.4 Å². The van der Waals surface area contributed by atoms with Crippen molar-refractivity contribution in [3.63, 3.8) is 0 Å².